The maximum atomic E-state index is 12.0. The SMILES string of the molecule is COc1cc2c(c(N3CCCC3)c1OC)C(=O)OC2. The fraction of sp³-hybridized carbons (Fsp3) is 0.500. The quantitative estimate of drug-likeness (QED) is 0.780. The second-order valence-corrected chi connectivity index (χ2v) is 4.77. The summed E-state index contributed by atoms with van der Waals surface area (Å²) < 4.78 is 16.0. The van der Waals surface area contributed by atoms with E-state index in [4.69, 9.17) is 14.2 Å². The average Bonchev–Trinajstić information content (AvgIpc) is 3.07. The predicted octanol–water partition coefficient (Wildman–Crippen LogP) is 1.97. The molecule has 1 saturated heterocycles. The molecule has 0 spiro atoms. The number of esters is 1. The van der Waals surface area contributed by atoms with Crippen molar-refractivity contribution >= 4 is 11.7 Å². The molecule has 0 atom stereocenters. The van der Waals surface area contributed by atoms with E-state index in [-0.39, 0.29) is 5.97 Å². The molecular weight excluding hydrogens is 246 g/mol. The summed E-state index contributed by atoms with van der Waals surface area (Å²) in [6, 6.07) is 1.83. The van der Waals surface area contributed by atoms with Gasteiger partial charge in [0.15, 0.2) is 11.5 Å². The van der Waals surface area contributed by atoms with E-state index < -0.39 is 0 Å². The van der Waals surface area contributed by atoms with Gasteiger partial charge in [0, 0.05) is 18.7 Å². The van der Waals surface area contributed by atoms with Crippen LogP contribution in [0.2, 0.25) is 0 Å². The smallest absolute Gasteiger partial charge is 0.341 e. The van der Waals surface area contributed by atoms with Crippen molar-refractivity contribution in [1.29, 1.82) is 0 Å². The van der Waals surface area contributed by atoms with E-state index in [2.05, 4.69) is 4.90 Å². The van der Waals surface area contributed by atoms with Crippen molar-refractivity contribution in [3.05, 3.63) is 17.2 Å². The molecule has 0 N–H and O–H groups in total. The molecule has 0 amide bonds. The molecule has 19 heavy (non-hydrogen) atoms. The summed E-state index contributed by atoms with van der Waals surface area (Å²) in [6.07, 6.45) is 2.26. The fourth-order valence-electron chi connectivity index (χ4n) is 2.83. The lowest BCUT2D eigenvalue weighted by Gasteiger charge is -2.24. The number of hydrogen-bond donors (Lipinski definition) is 0. The molecule has 0 saturated carbocycles. The van der Waals surface area contributed by atoms with Gasteiger partial charge in [-0.3, -0.25) is 0 Å². The van der Waals surface area contributed by atoms with E-state index in [9.17, 15) is 4.79 Å². The van der Waals surface area contributed by atoms with Crippen LogP contribution in [0.15, 0.2) is 6.07 Å². The van der Waals surface area contributed by atoms with Crippen LogP contribution in [0.4, 0.5) is 5.69 Å². The number of ether oxygens (including phenoxy) is 3. The Morgan fingerprint density at radius 2 is 1.95 bits per heavy atom. The van der Waals surface area contributed by atoms with Gasteiger partial charge in [-0.25, -0.2) is 4.79 Å². The molecule has 1 fully saturated rings. The summed E-state index contributed by atoms with van der Waals surface area (Å²) in [5.41, 5.74) is 2.35. The van der Waals surface area contributed by atoms with Crippen molar-refractivity contribution in [2.45, 2.75) is 19.4 Å². The Morgan fingerprint density at radius 3 is 2.58 bits per heavy atom. The number of benzene rings is 1. The highest BCUT2D eigenvalue weighted by Crippen LogP contribution is 2.45. The predicted molar refractivity (Wildman–Crippen MR) is 70.1 cm³/mol. The van der Waals surface area contributed by atoms with Gasteiger partial charge in [0.1, 0.15) is 6.61 Å². The number of carbonyl (C=O) groups is 1. The van der Waals surface area contributed by atoms with Crippen molar-refractivity contribution in [2.75, 3.05) is 32.2 Å². The Labute approximate surface area is 112 Å². The normalized spacial score (nSPS) is 17.4. The van der Waals surface area contributed by atoms with Crippen LogP contribution in [-0.4, -0.2) is 33.3 Å². The molecule has 2 aliphatic heterocycles. The van der Waals surface area contributed by atoms with Crippen molar-refractivity contribution in [2.24, 2.45) is 0 Å². The minimum atomic E-state index is -0.266. The number of fused-ring (bicyclic) bond motifs is 1. The van der Waals surface area contributed by atoms with Crippen LogP contribution in [0.3, 0.4) is 0 Å². The van der Waals surface area contributed by atoms with E-state index in [1.807, 2.05) is 6.07 Å². The number of hydrogen-bond acceptors (Lipinski definition) is 5. The number of methoxy groups -OCH3 is 2. The summed E-state index contributed by atoms with van der Waals surface area (Å²) >= 11 is 0. The van der Waals surface area contributed by atoms with Gasteiger partial charge in [0.05, 0.1) is 25.5 Å². The van der Waals surface area contributed by atoms with Crippen LogP contribution in [-0.2, 0) is 11.3 Å². The summed E-state index contributed by atoms with van der Waals surface area (Å²) in [7, 11) is 3.21. The van der Waals surface area contributed by atoms with Gasteiger partial charge in [-0.2, -0.15) is 0 Å². The first-order chi connectivity index (χ1) is 9.26. The van der Waals surface area contributed by atoms with E-state index in [1.54, 1.807) is 14.2 Å². The third-order valence-electron chi connectivity index (χ3n) is 3.71. The third-order valence-corrected chi connectivity index (χ3v) is 3.71. The van der Waals surface area contributed by atoms with E-state index in [1.165, 1.54) is 0 Å². The van der Waals surface area contributed by atoms with Gasteiger partial charge in [0.25, 0.3) is 0 Å². The standard InChI is InChI=1S/C14H17NO4/c1-17-10-7-9-8-19-14(16)11(9)12(13(10)18-2)15-5-3-4-6-15/h7H,3-6,8H2,1-2H3. The van der Waals surface area contributed by atoms with E-state index in [0.717, 1.165) is 37.2 Å². The van der Waals surface area contributed by atoms with Crippen LogP contribution in [0.25, 0.3) is 0 Å². The second kappa shape index (κ2) is 4.64. The molecular formula is C14H17NO4. The molecule has 2 heterocycles. The average molecular weight is 263 g/mol. The molecule has 5 heteroatoms. The second-order valence-electron chi connectivity index (χ2n) is 4.77. The van der Waals surface area contributed by atoms with Crippen LogP contribution in [0, 0.1) is 0 Å². The van der Waals surface area contributed by atoms with Crippen molar-refractivity contribution < 1.29 is 19.0 Å². The van der Waals surface area contributed by atoms with E-state index >= 15 is 0 Å². The Balaban J connectivity index is 2.22. The molecule has 2 aliphatic rings. The highest BCUT2D eigenvalue weighted by atomic mass is 16.5. The maximum Gasteiger partial charge on any atom is 0.341 e. The molecule has 3 rings (SSSR count). The number of carbonyl (C=O) groups excluding carboxylic acids is 1. The molecule has 0 unspecified atom stereocenters. The molecule has 102 valence electrons. The highest BCUT2D eigenvalue weighted by molar-refractivity contribution is 6.02. The Hall–Kier alpha value is -1.91. The van der Waals surface area contributed by atoms with Gasteiger partial charge in [0.2, 0.25) is 0 Å². The molecule has 0 bridgehead atoms. The van der Waals surface area contributed by atoms with Gasteiger partial charge < -0.3 is 19.1 Å². The van der Waals surface area contributed by atoms with Gasteiger partial charge in [-0.15, -0.1) is 0 Å². The first-order valence-electron chi connectivity index (χ1n) is 6.46. The molecule has 0 aromatic heterocycles. The monoisotopic (exact) mass is 263 g/mol. The lowest BCUT2D eigenvalue weighted by atomic mass is 10.0. The van der Waals surface area contributed by atoms with Crippen molar-refractivity contribution in [3.8, 4) is 11.5 Å². The zero-order valence-electron chi connectivity index (χ0n) is 11.2. The van der Waals surface area contributed by atoms with E-state index in [0.29, 0.717) is 23.7 Å². The van der Waals surface area contributed by atoms with Crippen LogP contribution in [0.1, 0.15) is 28.8 Å². The van der Waals surface area contributed by atoms with Crippen LogP contribution >= 0.6 is 0 Å². The van der Waals surface area contributed by atoms with Crippen LogP contribution < -0.4 is 14.4 Å². The number of nitrogens with zero attached hydrogens (tertiary/aromatic N) is 1. The zero-order chi connectivity index (χ0) is 13.4. The third kappa shape index (κ3) is 1.80. The Bertz CT molecular complexity index is 521. The first kappa shape index (κ1) is 12.1. The number of cyclic esters (lactones) is 1. The lowest BCUT2D eigenvalue weighted by molar-refractivity contribution is 0.0535. The lowest BCUT2D eigenvalue weighted by Crippen LogP contribution is -2.21. The topological polar surface area (TPSA) is 48.0 Å². The minimum Gasteiger partial charge on any atom is -0.493 e. The van der Waals surface area contributed by atoms with Crippen LogP contribution in [0.5, 0.6) is 11.5 Å². The molecule has 0 radical (unpaired) electrons. The Morgan fingerprint density at radius 1 is 1.21 bits per heavy atom. The minimum absolute atomic E-state index is 0.266. The largest absolute Gasteiger partial charge is 0.493 e. The number of anilines is 1. The van der Waals surface area contributed by atoms with Gasteiger partial charge >= 0.3 is 5.97 Å². The van der Waals surface area contributed by atoms with Crippen molar-refractivity contribution in [1.82, 2.24) is 0 Å². The maximum absolute atomic E-state index is 12.0. The molecule has 5 nitrogen and oxygen atoms in total. The molecule has 1 aromatic rings. The molecule has 1 aromatic carbocycles. The Kier molecular flexibility index (Phi) is 2.97. The molecule has 0 aliphatic carbocycles. The summed E-state index contributed by atoms with van der Waals surface area (Å²) in [4.78, 5) is 14.2. The highest BCUT2D eigenvalue weighted by Gasteiger charge is 2.33. The fourth-order valence-corrected chi connectivity index (χ4v) is 2.83. The summed E-state index contributed by atoms with van der Waals surface area (Å²) in [5.74, 6) is 1.02. The summed E-state index contributed by atoms with van der Waals surface area (Å²) in [5, 5.41) is 0. The zero-order valence-corrected chi connectivity index (χ0v) is 11.2. The first-order valence-corrected chi connectivity index (χ1v) is 6.46. The van der Waals surface area contributed by atoms with Gasteiger partial charge in [-0.05, 0) is 18.9 Å². The van der Waals surface area contributed by atoms with Gasteiger partial charge in [-0.1, -0.05) is 0 Å². The number of rotatable bonds is 3. The van der Waals surface area contributed by atoms with Crippen molar-refractivity contribution in [3.63, 3.8) is 0 Å². The summed E-state index contributed by atoms with van der Waals surface area (Å²) in [6.45, 7) is 2.18.